The third-order valence-corrected chi connectivity index (χ3v) is 8.22. The molecular formula is C23H25N3O5S2. The molecule has 8 nitrogen and oxygen atoms in total. The number of hydrogen-bond donors (Lipinski definition) is 1. The highest BCUT2D eigenvalue weighted by molar-refractivity contribution is 8.01. The Morgan fingerprint density at radius 3 is 3.06 bits per heavy atom. The molecule has 1 aliphatic heterocycles. The molecule has 0 saturated heterocycles. The van der Waals surface area contributed by atoms with Crippen molar-refractivity contribution in [3.8, 4) is 11.8 Å². The molecule has 1 aliphatic carbocycles. The summed E-state index contributed by atoms with van der Waals surface area (Å²) in [5.41, 5.74) is 2.48. The van der Waals surface area contributed by atoms with Crippen LogP contribution >= 0.6 is 23.1 Å². The van der Waals surface area contributed by atoms with E-state index < -0.39 is 5.97 Å². The SMILES string of the molecule is COc1cccc2c1CN2C[C@H]1C(=O)CC(C#N)[C@@H]1CCSc1nc(C(=O)OCCO)cs1. The molecule has 174 valence electrons. The van der Waals surface area contributed by atoms with Crippen molar-refractivity contribution in [3.63, 3.8) is 0 Å². The molecule has 1 saturated carbocycles. The number of fused-ring (bicyclic) bond motifs is 1. The average Bonchev–Trinajstić information content (AvgIpc) is 3.40. The van der Waals surface area contributed by atoms with E-state index in [1.54, 1.807) is 12.5 Å². The fraction of sp³-hybridized carbons (Fsp3) is 0.478. The second kappa shape index (κ2) is 10.5. The number of carbonyl (C=O) groups excluding carboxylic acids is 2. The zero-order valence-corrected chi connectivity index (χ0v) is 19.9. The largest absolute Gasteiger partial charge is 0.496 e. The van der Waals surface area contributed by atoms with E-state index in [1.807, 2.05) is 18.2 Å². The lowest BCUT2D eigenvalue weighted by atomic mass is 9.86. The van der Waals surface area contributed by atoms with Gasteiger partial charge in [-0.15, -0.1) is 11.3 Å². The maximum absolute atomic E-state index is 12.8. The monoisotopic (exact) mass is 487 g/mol. The zero-order chi connectivity index (χ0) is 23.4. The van der Waals surface area contributed by atoms with Crippen LogP contribution < -0.4 is 9.64 Å². The zero-order valence-electron chi connectivity index (χ0n) is 18.2. The van der Waals surface area contributed by atoms with E-state index in [4.69, 9.17) is 14.6 Å². The first-order valence-electron chi connectivity index (χ1n) is 10.7. The minimum absolute atomic E-state index is 0.00129. The van der Waals surface area contributed by atoms with Crippen molar-refractivity contribution in [2.24, 2.45) is 17.8 Å². The van der Waals surface area contributed by atoms with E-state index in [0.29, 0.717) is 18.7 Å². The Hall–Kier alpha value is -2.61. The van der Waals surface area contributed by atoms with Crippen molar-refractivity contribution < 1.29 is 24.2 Å². The molecule has 1 unspecified atom stereocenters. The highest BCUT2D eigenvalue weighted by Crippen LogP contribution is 2.44. The highest BCUT2D eigenvalue weighted by atomic mass is 32.2. The second-order valence-electron chi connectivity index (χ2n) is 8.01. The first kappa shape index (κ1) is 23.5. The molecule has 1 aromatic heterocycles. The topological polar surface area (TPSA) is 113 Å². The van der Waals surface area contributed by atoms with E-state index in [9.17, 15) is 14.9 Å². The number of carbonyl (C=O) groups is 2. The Kier molecular flexibility index (Phi) is 7.53. The van der Waals surface area contributed by atoms with Crippen molar-refractivity contribution in [3.05, 3.63) is 34.8 Å². The number of ketones is 1. The maximum Gasteiger partial charge on any atom is 0.357 e. The maximum atomic E-state index is 12.8. The normalized spacial score (nSPS) is 21.3. The van der Waals surface area contributed by atoms with Gasteiger partial charge in [-0.05, 0) is 24.5 Å². The minimum atomic E-state index is -0.551. The molecule has 2 aromatic rings. The lowest BCUT2D eigenvalue weighted by Gasteiger charge is -2.39. The number of esters is 1. The molecule has 4 rings (SSSR count). The number of Topliss-reactive ketones (excluding diaryl/α,β-unsaturated/α-hetero) is 1. The third-order valence-electron chi connectivity index (χ3n) is 6.16. The van der Waals surface area contributed by atoms with E-state index >= 15 is 0 Å². The van der Waals surface area contributed by atoms with Gasteiger partial charge in [-0.3, -0.25) is 4.79 Å². The number of hydrogen-bond acceptors (Lipinski definition) is 10. The molecule has 1 aromatic carbocycles. The van der Waals surface area contributed by atoms with Gasteiger partial charge in [0.1, 0.15) is 18.1 Å². The standard InChI is InChI=1S/C23H25N3O5S2/c1-30-21-4-2-3-19-17(21)12-26(19)11-16-15(14(10-24)9-20(16)28)5-8-32-23-25-18(13-33-23)22(29)31-7-6-27/h2-4,13-16,27H,5-9,11-12H2,1H3/t14?,15-,16+/m0/s1. The van der Waals surface area contributed by atoms with Crippen molar-refractivity contribution in [1.82, 2.24) is 4.98 Å². The van der Waals surface area contributed by atoms with Gasteiger partial charge in [0.15, 0.2) is 10.0 Å². The van der Waals surface area contributed by atoms with E-state index in [0.717, 1.165) is 34.3 Å². The number of benzene rings is 1. The number of thiazole rings is 1. The van der Waals surface area contributed by atoms with E-state index in [2.05, 4.69) is 16.0 Å². The molecule has 0 spiro atoms. The molecule has 0 amide bonds. The minimum Gasteiger partial charge on any atom is -0.496 e. The van der Waals surface area contributed by atoms with E-state index in [-0.39, 0.29) is 42.4 Å². The third kappa shape index (κ3) is 5.00. The lowest BCUT2D eigenvalue weighted by molar-refractivity contribution is -0.121. The summed E-state index contributed by atoms with van der Waals surface area (Å²) in [5.74, 6) is 0.742. The number of aromatic nitrogens is 1. The van der Waals surface area contributed by atoms with Crippen LogP contribution in [0.5, 0.6) is 5.75 Å². The van der Waals surface area contributed by atoms with Crippen LogP contribution in [0, 0.1) is 29.1 Å². The molecule has 2 aliphatic rings. The van der Waals surface area contributed by atoms with Crippen molar-refractivity contribution in [1.29, 1.82) is 5.26 Å². The van der Waals surface area contributed by atoms with Crippen molar-refractivity contribution >= 4 is 40.5 Å². The van der Waals surface area contributed by atoms with Crippen LogP contribution in [0.25, 0.3) is 0 Å². The first-order valence-corrected chi connectivity index (χ1v) is 12.6. The average molecular weight is 488 g/mol. The van der Waals surface area contributed by atoms with E-state index in [1.165, 1.54) is 23.1 Å². The predicted octanol–water partition coefficient (Wildman–Crippen LogP) is 3.15. The van der Waals surface area contributed by atoms with Crippen LogP contribution in [0.15, 0.2) is 27.9 Å². The molecular weight excluding hydrogens is 462 g/mol. The number of aliphatic hydroxyl groups excluding tert-OH is 1. The molecule has 33 heavy (non-hydrogen) atoms. The number of ether oxygens (including phenoxy) is 2. The smallest absolute Gasteiger partial charge is 0.357 e. The summed E-state index contributed by atoms with van der Waals surface area (Å²) in [7, 11) is 1.66. The quantitative estimate of drug-likeness (QED) is 0.399. The summed E-state index contributed by atoms with van der Waals surface area (Å²) in [6, 6.07) is 8.28. The summed E-state index contributed by atoms with van der Waals surface area (Å²) in [6.45, 7) is 1.08. The van der Waals surface area contributed by atoms with Crippen molar-refractivity contribution in [2.75, 3.05) is 37.5 Å². The summed E-state index contributed by atoms with van der Waals surface area (Å²) in [5, 5.41) is 20.0. The molecule has 3 atom stereocenters. The van der Waals surface area contributed by atoms with Gasteiger partial charge in [0.05, 0.1) is 25.7 Å². The lowest BCUT2D eigenvalue weighted by Crippen LogP contribution is -2.40. The molecule has 10 heteroatoms. The molecule has 2 heterocycles. The Morgan fingerprint density at radius 2 is 2.30 bits per heavy atom. The van der Waals surface area contributed by atoms with Crippen LogP contribution in [-0.2, 0) is 16.1 Å². The second-order valence-corrected chi connectivity index (χ2v) is 10.2. The number of thioether (sulfide) groups is 1. The van der Waals surface area contributed by atoms with Crippen LogP contribution in [0.4, 0.5) is 5.69 Å². The summed E-state index contributed by atoms with van der Waals surface area (Å²) in [6.07, 6.45) is 1.04. The van der Waals surface area contributed by atoms with Gasteiger partial charge < -0.3 is 19.5 Å². The highest BCUT2D eigenvalue weighted by Gasteiger charge is 2.44. The van der Waals surface area contributed by atoms with Crippen molar-refractivity contribution in [2.45, 2.75) is 23.7 Å². The van der Waals surface area contributed by atoms with Gasteiger partial charge in [0.2, 0.25) is 0 Å². The van der Waals surface area contributed by atoms with Crippen LogP contribution in [0.1, 0.15) is 28.9 Å². The molecule has 0 radical (unpaired) electrons. The Balaban J connectivity index is 1.35. The van der Waals surface area contributed by atoms with Gasteiger partial charge in [-0.25, -0.2) is 9.78 Å². The summed E-state index contributed by atoms with van der Waals surface area (Å²) >= 11 is 2.87. The Labute approximate surface area is 200 Å². The van der Waals surface area contributed by atoms with Gasteiger partial charge in [0.25, 0.3) is 0 Å². The van der Waals surface area contributed by atoms with Crippen LogP contribution in [0.3, 0.4) is 0 Å². The predicted molar refractivity (Wildman–Crippen MR) is 125 cm³/mol. The fourth-order valence-electron chi connectivity index (χ4n) is 4.52. The Bertz CT molecular complexity index is 1070. The number of aliphatic hydroxyl groups is 1. The first-order chi connectivity index (χ1) is 16.0. The van der Waals surface area contributed by atoms with Gasteiger partial charge in [0, 0.05) is 47.8 Å². The van der Waals surface area contributed by atoms with Gasteiger partial charge in [-0.1, -0.05) is 17.8 Å². The number of anilines is 1. The van der Waals surface area contributed by atoms with Crippen LogP contribution in [0.2, 0.25) is 0 Å². The van der Waals surface area contributed by atoms with Gasteiger partial charge in [-0.2, -0.15) is 5.26 Å². The fourth-order valence-corrected chi connectivity index (χ4v) is 6.42. The summed E-state index contributed by atoms with van der Waals surface area (Å²) < 4.78 is 11.0. The van der Waals surface area contributed by atoms with Gasteiger partial charge >= 0.3 is 5.97 Å². The molecule has 0 bridgehead atoms. The number of nitrogens with zero attached hydrogens (tertiary/aromatic N) is 3. The Morgan fingerprint density at radius 1 is 1.45 bits per heavy atom. The van der Waals surface area contributed by atoms with Crippen LogP contribution in [-0.4, -0.2) is 54.5 Å². The molecule has 1 fully saturated rings. The number of methoxy groups -OCH3 is 1. The number of rotatable bonds is 10. The number of nitriles is 1. The summed E-state index contributed by atoms with van der Waals surface area (Å²) in [4.78, 5) is 31.1. The molecule has 1 N–H and O–H groups in total.